The van der Waals surface area contributed by atoms with Gasteiger partial charge in [0.1, 0.15) is 12.2 Å². The first-order valence-corrected chi connectivity index (χ1v) is 4.76. The van der Waals surface area contributed by atoms with E-state index in [1.807, 2.05) is 17.7 Å². The fraction of sp³-hybridized carbons (Fsp3) is 0.375. The number of imidazole rings is 1. The van der Waals surface area contributed by atoms with E-state index in [4.69, 9.17) is 12.2 Å². The van der Waals surface area contributed by atoms with Crippen molar-refractivity contribution in [1.29, 1.82) is 0 Å². The van der Waals surface area contributed by atoms with Crippen LogP contribution in [0.2, 0.25) is 0 Å². The van der Waals surface area contributed by atoms with Crippen LogP contribution in [-0.4, -0.2) is 24.3 Å². The van der Waals surface area contributed by atoms with Crippen LogP contribution in [0.4, 0.5) is 0 Å². The SMILES string of the molecule is Cc1nccn1CCn1cn[nH]c1=S. The highest BCUT2D eigenvalue weighted by Crippen LogP contribution is 1.97. The van der Waals surface area contributed by atoms with E-state index >= 15 is 0 Å². The van der Waals surface area contributed by atoms with Crippen molar-refractivity contribution in [1.82, 2.24) is 24.3 Å². The van der Waals surface area contributed by atoms with Crippen molar-refractivity contribution in [3.8, 4) is 0 Å². The Labute approximate surface area is 86.4 Å². The van der Waals surface area contributed by atoms with Crippen LogP contribution in [0.5, 0.6) is 0 Å². The van der Waals surface area contributed by atoms with E-state index in [0.29, 0.717) is 4.77 Å². The van der Waals surface area contributed by atoms with Gasteiger partial charge in [0.15, 0.2) is 4.77 Å². The van der Waals surface area contributed by atoms with Crippen LogP contribution in [-0.2, 0) is 13.1 Å². The Balaban J connectivity index is 2.05. The zero-order valence-electron chi connectivity index (χ0n) is 7.84. The van der Waals surface area contributed by atoms with E-state index in [0.717, 1.165) is 18.9 Å². The largest absolute Gasteiger partial charge is 0.333 e. The molecule has 0 saturated carbocycles. The molecule has 0 aliphatic carbocycles. The first-order valence-electron chi connectivity index (χ1n) is 4.35. The number of aromatic nitrogens is 5. The smallest absolute Gasteiger partial charge is 0.195 e. The van der Waals surface area contributed by atoms with E-state index in [1.165, 1.54) is 0 Å². The summed E-state index contributed by atoms with van der Waals surface area (Å²) in [5.74, 6) is 1.01. The zero-order valence-corrected chi connectivity index (χ0v) is 8.66. The Hall–Kier alpha value is -1.43. The molecule has 0 aromatic carbocycles. The molecule has 2 aromatic heterocycles. The number of hydrogen-bond donors (Lipinski definition) is 1. The molecule has 6 heteroatoms. The second-order valence-electron chi connectivity index (χ2n) is 3.02. The maximum atomic E-state index is 5.03. The average molecular weight is 209 g/mol. The van der Waals surface area contributed by atoms with E-state index in [-0.39, 0.29) is 0 Å². The summed E-state index contributed by atoms with van der Waals surface area (Å²) in [4.78, 5) is 4.14. The summed E-state index contributed by atoms with van der Waals surface area (Å²) in [5.41, 5.74) is 0. The fourth-order valence-corrected chi connectivity index (χ4v) is 1.48. The molecule has 0 amide bonds. The minimum atomic E-state index is 0.655. The Morgan fingerprint density at radius 3 is 2.79 bits per heavy atom. The second-order valence-corrected chi connectivity index (χ2v) is 3.41. The van der Waals surface area contributed by atoms with Crippen LogP contribution in [0.15, 0.2) is 18.7 Å². The molecule has 0 fully saturated rings. The lowest BCUT2D eigenvalue weighted by Gasteiger charge is -2.04. The molecule has 5 nitrogen and oxygen atoms in total. The first-order chi connectivity index (χ1) is 6.77. The van der Waals surface area contributed by atoms with Gasteiger partial charge in [-0.2, -0.15) is 5.10 Å². The number of aromatic amines is 1. The monoisotopic (exact) mass is 209 g/mol. The van der Waals surface area contributed by atoms with Crippen molar-refractivity contribution in [2.24, 2.45) is 0 Å². The lowest BCUT2D eigenvalue weighted by atomic mass is 10.5. The Kier molecular flexibility index (Phi) is 2.45. The minimum absolute atomic E-state index is 0.655. The van der Waals surface area contributed by atoms with Crippen LogP contribution >= 0.6 is 12.2 Å². The van der Waals surface area contributed by atoms with Crippen molar-refractivity contribution in [3.05, 3.63) is 29.3 Å². The summed E-state index contributed by atoms with van der Waals surface area (Å²) >= 11 is 5.03. The van der Waals surface area contributed by atoms with Gasteiger partial charge in [0.2, 0.25) is 0 Å². The molecular formula is C8H11N5S. The normalized spacial score (nSPS) is 10.6. The molecule has 74 valence electrons. The van der Waals surface area contributed by atoms with Gasteiger partial charge >= 0.3 is 0 Å². The van der Waals surface area contributed by atoms with Crippen LogP contribution in [0.1, 0.15) is 5.82 Å². The number of hydrogen-bond acceptors (Lipinski definition) is 3. The van der Waals surface area contributed by atoms with Gasteiger partial charge in [-0.1, -0.05) is 0 Å². The van der Waals surface area contributed by atoms with Gasteiger partial charge in [0, 0.05) is 25.5 Å². The molecule has 2 rings (SSSR count). The van der Waals surface area contributed by atoms with E-state index in [9.17, 15) is 0 Å². The predicted octanol–water partition coefficient (Wildman–Crippen LogP) is 1.15. The molecule has 14 heavy (non-hydrogen) atoms. The fourth-order valence-electron chi connectivity index (χ4n) is 1.29. The molecule has 0 aliphatic rings. The maximum absolute atomic E-state index is 5.03. The minimum Gasteiger partial charge on any atom is -0.333 e. The van der Waals surface area contributed by atoms with E-state index in [2.05, 4.69) is 19.7 Å². The Morgan fingerprint density at radius 1 is 1.43 bits per heavy atom. The van der Waals surface area contributed by atoms with Crippen LogP contribution in [0, 0.1) is 11.7 Å². The second kappa shape index (κ2) is 3.75. The summed E-state index contributed by atoms with van der Waals surface area (Å²) in [6.45, 7) is 3.65. The third-order valence-corrected chi connectivity index (χ3v) is 2.45. The molecule has 0 aliphatic heterocycles. The molecule has 0 radical (unpaired) electrons. The van der Waals surface area contributed by atoms with Gasteiger partial charge in [-0.3, -0.25) is 5.10 Å². The number of H-pyrrole nitrogens is 1. The zero-order chi connectivity index (χ0) is 9.97. The quantitative estimate of drug-likeness (QED) is 0.771. The van der Waals surface area contributed by atoms with Crippen molar-refractivity contribution in [3.63, 3.8) is 0 Å². The van der Waals surface area contributed by atoms with Crippen LogP contribution < -0.4 is 0 Å². The third kappa shape index (κ3) is 1.74. The van der Waals surface area contributed by atoms with Gasteiger partial charge in [0.25, 0.3) is 0 Å². The molecular weight excluding hydrogens is 198 g/mol. The average Bonchev–Trinajstić information content (AvgIpc) is 2.72. The summed E-state index contributed by atoms with van der Waals surface area (Å²) in [6, 6.07) is 0. The number of nitrogens with zero attached hydrogens (tertiary/aromatic N) is 4. The molecule has 2 aromatic rings. The lowest BCUT2D eigenvalue weighted by molar-refractivity contribution is 0.562. The molecule has 1 N–H and O–H groups in total. The highest BCUT2D eigenvalue weighted by molar-refractivity contribution is 7.71. The predicted molar refractivity (Wildman–Crippen MR) is 54.4 cm³/mol. The number of rotatable bonds is 3. The number of aryl methyl sites for hydroxylation is 3. The summed E-state index contributed by atoms with van der Waals surface area (Å²) < 4.78 is 4.63. The highest BCUT2D eigenvalue weighted by atomic mass is 32.1. The van der Waals surface area contributed by atoms with Crippen molar-refractivity contribution >= 4 is 12.2 Å². The summed E-state index contributed by atoms with van der Waals surface area (Å²) in [7, 11) is 0. The van der Waals surface area contributed by atoms with Crippen molar-refractivity contribution in [2.45, 2.75) is 20.0 Å². The van der Waals surface area contributed by atoms with E-state index in [1.54, 1.807) is 12.5 Å². The van der Waals surface area contributed by atoms with Gasteiger partial charge < -0.3 is 9.13 Å². The maximum Gasteiger partial charge on any atom is 0.195 e. The van der Waals surface area contributed by atoms with Gasteiger partial charge in [-0.25, -0.2) is 4.98 Å². The summed E-state index contributed by atoms with van der Waals surface area (Å²) in [6.07, 6.45) is 5.46. The van der Waals surface area contributed by atoms with E-state index < -0.39 is 0 Å². The highest BCUT2D eigenvalue weighted by Gasteiger charge is 1.97. The first kappa shape index (κ1) is 9.14. The number of nitrogens with one attached hydrogen (secondary N) is 1. The third-order valence-electron chi connectivity index (χ3n) is 2.12. The van der Waals surface area contributed by atoms with Gasteiger partial charge in [0.05, 0.1) is 0 Å². The summed E-state index contributed by atoms with van der Waals surface area (Å²) in [5, 5.41) is 6.57. The van der Waals surface area contributed by atoms with Gasteiger partial charge in [-0.15, -0.1) is 0 Å². The molecule has 0 atom stereocenters. The standard InChI is InChI=1S/C8H11N5S/c1-7-9-2-3-12(7)4-5-13-6-10-11-8(13)14/h2-3,6H,4-5H2,1H3,(H,11,14). The molecule has 0 bridgehead atoms. The van der Waals surface area contributed by atoms with Crippen molar-refractivity contribution < 1.29 is 0 Å². The van der Waals surface area contributed by atoms with Crippen LogP contribution in [0.3, 0.4) is 0 Å². The van der Waals surface area contributed by atoms with Crippen LogP contribution in [0.25, 0.3) is 0 Å². The van der Waals surface area contributed by atoms with Gasteiger partial charge in [-0.05, 0) is 19.1 Å². The molecule has 2 heterocycles. The topological polar surface area (TPSA) is 51.4 Å². The molecule has 0 saturated heterocycles. The molecule has 0 spiro atoms. The van der Waals surface area contributed by atoms with Crippen molar-refractivity contribution in [2.75, 3.05) is 0 Å². The lowest BCUT2D eigenvalue weighted by Crippen LogP contribution is -2.07. The Bertz CT molecular complexity index is 466. The Morgan fingerprint density at radius 2 is 2.21 bits per heavy atom. The molecule has 0 unspecified atom stereocenters.